The first-order valence-corrected chi connectivity index (χ1v) is 4.87. The Morgan fingerprint density at radius 2 is 2.36 bits per heavy atom. The molecular formula is C11H15FN2. The number of hydrogen-bond donors (Lipinski definition) is 1. The van der Waals surface area contributed by atoms with E-state index in [0.717, 1.165) is 24.3 Å². The lowest BCUT2D eigenvalue weighted by molar-refractivity contribution is 0.617. The summed E-state index contributed by atoms with van der Waals surface area (Å²) in [7, 11) is 3.98. The molecule has 1 heterocycles. The van der Waals surface area contributed by atoms with Crippen molar-refractivity contribution in [2.24, 2.45) is 0 Å². The standard InChI is InChI=1S/C11H15FN2/c1-13-6-8-7-14(2)11-4-3-9(12)5-10(8)11/h3-5,8,13H,6-7H2,1-2H3. The van der Waals surface area contributed by atoms with Gasteiger partial charge in [0.2, 0.25) is 0 Å². The predicted octanol–water partition coefficient (Wildman–Crippen LogP) is 1.58. The minimum absolute atomic E-state index is 0.139. The average Bonchev–Trinajstić information content (AvgIpc) is 2.44. The van der Waals surface area contributed by atoms with Gasteiger partial charge in [0, 0.05) is 31.7 Å². The fraction of sp³-hybridized carbons (Fsp3) is 0.455. The van der Waals surface area contributed by atoms with Crippen LogP contribution in [0, 0.1) is 5.82 Å². The Morgan fingerprint density at radius 1 is 1.57 bits per heavy atom. The molecule has 0 aromatic heterocycles. The molecule has 0 saturated carbocycles. The van der Waals surface area contributed by atoms with Crippen LogP contribution in [0.2, 0.25) is 0 Å². The molecule has 0 fully saturated rings. The zero-order valence-electron chi connectivity index (χ0n) is 8.55. The van der Waals surface area contributed by atoms with E-state index < -0.39 is 0 Å². The number of benzene rings is 1. The topological polar surface area (TPSA) is 15.3 Å². The maximum Gasteiger partial charge on any atom is 0.123 e. The number of hydrogen-bond acceptors (Lipinski definition) is 2. The zero-order valence-corrected chi connectivity index (χ0v) is 8.55. The Morgan fingerprint density at radius 3 is 3.07 bits per heavy atom. The number of rotatable bonds is 2. The van der Waals surface area contributed by atoms with Gasteiger partial charge >= 0.3 is 0 Å². The van der Waals surface area contributed by atoms with Gasteiger partial charge in [-0.3, -0.25) is 0 Å². The summed E-state index contributed by atoms with van der Waals surface area (Å²) in [6.45, 7) is 1.88. The van der Waals surface area contributed by atoms with E-state index in [9.17, 15) is 4.39 Å². The summed E-state index contributed by atoms with van der Waals surface area (Å²) < 4.78 is 13.1. The Bertz CT molecular complexity index is 338. The second-order valence-corrected chi connectivity index (χ2v) is 3.84. The fourth-order valence-corrected chi connectivity index (χ4v) is 2.15. The first kappa shape index (κ1) is 9.46. The first-order valence-electron chi connectivity index (χ1n) is 4.87. The van der Waals surface area contributed by atoms with E-state index in [2.05, 4.69) is 10.2 Å². The van der Waals surface area contributed by atoms with Crippen molar-refractivity contribution in [1.29, 1.82) is 0 Å². The van der Waals surface area contributed by atoms with Crippen molar-refractivity contribution in [3.63, 3.8) is 0 Å². The molecule has 2 nitrogen and oxygen atoms in total. The summed E-state index contributed by atoms with van der Waals surface area (Å²) in [5.41, 5.74) is 2.29. The van der Waals surface area contributed by atoms with Crippen LogP contribution in [0.5, 0.6) is 0 Å². The molecule has 1 aromatic rings. The van der Waals surface area contributed by atoms with E-state index in [1.807, 2.05) is 20.2 Å². The monoisotopic (exact) mass is 194 g/mol. The highest BCUT2D eigenvalue weighted by Gasteiger charge is 2.25. The molecule has 2 rings (SSSR count). The number of likely N-dealkylation sites (N-methyl/N-ethyl adjacent to an activating group) is 2. The summed E-state index contributed by atoms with van der Waals surface area (Å²) in [5.74, 6) is 0.274. The molecule has 1 aliphatic rings. The molecule has 76 valence electrons. The molecule has 0 radical (unpaired) electrons. The van der Waals surface area contributed by atoms with Crippen LogP contribution in [-0.4, -0.2) is 27.2 Å². The molecular weight excluding hydrogens is 179 g/mol. The third-order valence-electron chi connectivity index (χ3n) is 2.79. The molecule has 0 spiro atoms. The normalized spacial score (nSPS) is 19.9. The molecule has 1 aromatic carbocycles. The van der Waals surface area contributed by atoms with Crippen molar-refractivity contribution < 1.29 is 4.39 Å². The van der Waals surface area contributed by atoms with Crippen LogP contribution in [-0.2, 0) is 0 Å². The van der Waals surface area contributed by atoms with Gasteiger partial charge in [0.25, 0.3) is 0 Å². The average molecular weight is 194 g/mol. The zero-order chi connectivity index (χ0) is 10.1. The van der Waals surface area contributed by atoms with Gasteiger partial charge in [0.05, 0.1) is 0 Å². The van der Waals surface area contributed by atoms with E-state index in [1.165, 1.54) is 6.07 Å². The van der Waals surface area contributed by atoms with Crippen LogP contribution in [0.4, 0.5) is 10.1 Å². The Labute approximate surface area is 83.7 Å². The van der Waals surface area contributed by atoms with Crippen LogP contribution in [0.25, 0.3) is 0 Å². The largest absolute Gasteiger partial charge is 0.374 e. The molecule has 0 aliphatic carbocycles. The fourth-order valence-electron chi connectivity index (χ4n) is 2.15. The molecule has 1 atom stereocenters. The van der Waals surface area contributed by atoms with E-state index in [0.29, 0.717) is 5.92 Å². The van der Waals surface area contributed by atoms with Crippen molar-refractivity contribution in [3.05, 3.63) is 29.6 Å². The lowest BCUT2D eigenvalue weighted by Gasteiger charge is -2.11. The van der Waals surface area contributed by atoms with Gasteiger partial charge in [0.1, 0.15) is 5.82 Å². The summed E-state index contributed by atoms with van der Waals surface area (Å²) in [6, 6.07) is 5.04. The number of halogens is 1. The van der Waals surface area contributed by atoms with Crippen LogP contribution >= 0.6 is 0 Å². The van der Waals surface area contributed by atoms with Crippen molar-refractivity contribution in [3.8, 4) is 0 Å². The van der Waals surface area contributed by atoms with Gasteiger partial charge in [-0.15, -0.1) is 0 Å². The molecule has 3 heteroatoms. The Balaban J connectivity index is 2.35. The molecule has 14 heavy (non-hydrogen) atoms. The van der Waals surface area contributed by atoms with Gasteiger partial charge in [0.15, 0.2) is 0 Å². The van der Waals surface area contributed by atoms with E-state index in [4.69, 9.17) is 0 Å². The first-order chi connectivity index (χ1) is 6.72. The summed E-state index contributed by atoms with van der Waals surface area (Å²) in [6.07, 6.45) is 0. The third-order valence-corrected chi connectivity index (χ3v) is 2.79. The van der Waals surface area contributed by atoms with Gasteiger partial charge in [-0.05, 0) is 30.8 Å². The molecule has 1 N–H and O–H groups in total. The summed E-state index contributed by atoms with van der Waals surface area (Å²) in [5, 5.41) is 3.14. The highest BCUT2D eigenvalue weighted by molar-refractivity contribution is 5.59. The predicted molar refractivity (Wildman–Crippen MR) is 56.3 cm³/mol. The molecule has 0 saturated heterocycles. The number of nitrogens with one attached hydrogen (secondary N) is 1. The highest BCUT2D eigenvalue weighted by Crippen LogP contribution is 2.34. The van der Waals surface area contributed by atoms with Crippen molar-refractivity contribution >= 4 is 5.69 Å². The molecule has 0 amide bonds. The molecule has 1 unspecified atom stereocenters. The van der Waals surface area contributed by atoms with Crippen LogP contribution in [0.15, 0.2) is 18.2 Å². The Hall–Kier alpha value is -1.09. The van der Waals surface area contributed by atoms with Crippen molar-refractivity contribution in [1.82, 2.24) is 5.32 Å². The van der Waals surface area contributed by atoms with Crippen molar-refractivity contribution in [2.75, 3.05) is 32.1 Å². The van der Waals surface area contributed by atoms with Gasteiger partial charge in [-0.2, -0.15) is 0 Å². The minimum atomic E-state index is -0.139. The summed E-state index contributed by atoms with van der Waals surface area (Å²) in [4.78, 5) is 2.18. The smallest absolute Gasteiger partial charge is 0.123 e. The highest BCUT2D eigenvalue weighted by atomic mass is 19.1. The maximum absolute atomic E-state index is 13.1. The minimum Gasteiger partial charge on any atom is -0.374 e. The van der Waals surface area contributed by atoms with E-state index in [1.54, 1.807) is 6.07 Å². The van der Waals surface area contributed by atoms with Gasteiger partial charge < -0.3 is 10.2 Å². The van der Waals surface area contributed by atoms with Gasteiger partial charge in [-0.25, -0.2) is 4.39 Å². The van der Waals surface area contributed by atoms with E-state index >= 15 is 0 Å². The van der Waals surface area contributed by atoms with Gasteiger partial charge in [-0.1, -0.05) is 0 Å². The summed E-state index contributed by atoms with van der Waals surface area (Å²) >= 11 is 0. The number of anilines is 1. The maximum atomic E-state index is 13.1. The number of nitrogens with zero attached hydrogens (tertiary/aromatic N) is 1. The van der Waals surface area contributed by atoms with Crippen LogP contribution in [0.3, 0.4) is 0 Å². The third kappa shape index (κ3) is 1.48. The second-order valence-electron chi connectivity index (χ2n) is 3.84. The second kappa shape index (κ2) is 3.58. The van der Waals surface area contributed by atoms with E-state index in [-0.39, 0.29) is 5.82 Å². The molecule has 0 bridgehead atoms. The Kier molecular flexibility index (Phi) is 2.42. The van der Waals surface area contributed by atoms with Crippen LogP contribution < -0.4 is 10.2 Å². The lowest BCUT2D eigenvalue weighted by Crippen LogP contribution is -2.22. The number of fused-ring (bicyclic) bond motifs is 1. The lowest BCUT2D eigenvalue weighted by atomic mass is 10.0. The van der Waals surface area contributed by atoms with Crippen molar-refractivity contribution in [2.45, 2.75) is 5.92 Å². The molecule has 1 aliphatic heterocycles. The van der Waals surface area contributed by atoms with Crippen LogP contribution in [0.1, 0.15) is 11.5 Å². The SMILES string of the molecule is CNCC1CN(C)c2ccc(F)cc21. The quantitative estimate of drug-likeness (QED) is 0.769.